The minimum atomic E-state index is -0.227. The molecular formula is C14H12ClNO4. The molecular weight excluding hydrogens is 282 g/mol. The van der Waals surface area contributed by atoms with Gasteiger partial charge in [0.05, 0.1) is 0 Å². The number of halogens is 1. The van der Waals surface area contributed by atoms with Crippen molar-refractivity contribution in [3.63, 3.8) is 0 Å². The third-order valence-corrected chi connectivity index (χ3v) is 3.19. The summed E-state index contributed by atoms with van der Waals surface area (Å²) in [5.41, 5.74) is 0.947. The van der Waals surface area contributed by atoms with E-state index >= 15 is 0 Å². The number of rotatable bonds is 3. The van der Waals surface area contributed by atoms with Crippen LogP contribution in [0.25, 0.3) is 0 Å². The summed E-state index contributed by atoms with van der Waals surface area (Å²) in [5, 5.41) is 0.199. The summed E-state index contributed by atoms with van der Waals surface area (Å²) in [5.74, 6) is 1.41. The average molecular weight is 294 g/mol. The summed E-state index contributed by atoms with van der Waals surface area (Å²) in [6, 6.07) is 8.69. The predicted molar refractivity (Wildman–Crippen MR) is 72.1 cm³/mol. The Hall–Kier alpha value is -2.14. The second kappa shape index (κ2) is 5.09. The van der Waals surface area contributed by atoms with Crippen LogP contribution in [0.15, 0.2) is 34.7 Å². The highest BCUT2D eigenvalue weighted by Gasteiger charge is 2.18. The molecule has 5 nitrogen and oxygen atoms in total. The van der Waals surface area contributed by atoms with Crippen molar-refractivity contribution in [1.82, 2.24) is 4.90 Å². The minimum absolute atomic E-state index is 0.199. The van der Waals surface area contributed by atoms with Crippen LogP contribution in [0.3, 0.4) is 0 Å². The van der Waals surface area contributed by atoms with Crippen LogP contribution in [0, 0.1) is 0 Å². The van der Waals surface area contributed by atoms with Gasteiger partial charge in [-0.25, -0.2) is 0 Å². The molecule has 6 heteroatoms. The van der Waals surface area contributed by atoms with E-state index in [9.17, 15) is 4.79 Å². The van der Waals surface area contributed by atoms with E-state index in [2.05, 4.69) is 0 Å². The van der Waals surface area contributed by atoms with Gasteiger partial charge in [-0.15, -0.1) is 0 Å². The van der Waals surface area contributed by atoms with Gasteiger partial charge >= 0.3 is 0 Å². The quantitative estimate of drug-likeness (QED) is 0.873. The fraction of sp³-hybridized carbons (Fsp3) is 0.214. The van der Waals surface area contributed by atoms with Crippen molar-refractivity contribution in [2.45, 2.75) is 6.54 Å². The number of hydrogen-bond acceptors (Lipinski definition) is 4. The maximum Gasteiger partial charge on any atom is 0.289 e. The topological polar surface area (TPSA) is 51.9 Å². The Bertz CT molecular complexity index is 652. The van der Waals surface area contributed by atoms with E-state index in [1.54, 1.807) is 24.1 Å². The Labute approximate surface area is 120 Å². The van der Waals surface area contributed by atoms with E-state index in [0.29, 0.717) is 12.3 Å². The number of furan rings is 1. The molecule has 1 amide bonds. The van der Waals surface area contributed by atoms with E-state index in [1.807, 2.05) is 18.2 Å². The number of fused-ring (bicyclic) bond motifs is 1. The Morgan fingerprint density at radius 3 is 2.80 bits per heavy atom. The number of nitrogens with zero attached hydrogens (tertiary/aromatic N) is 1. The summed E-state index contributed by atoms with van der Waals surface area (Å²) < 4.78 is 15.7. The first-order chi connectivity index (χ1) is 9.63. The molecule has 0 saturated carbocycles. The Morgan fingerprint density at radius 1 is 1.25 bits per heavy atom. The molecule has 0 bridgehead atoms. The minimum Gasteiger partial charge on any atom is -0.454 e. The second-order valence-corrected chi connectivity index (χ2v) is 4.83. The second-order valence-electron chi connectivity index (χ2n) is 4.45. The zero-order chi connectivity index (χ0) is 14.1. The van der Waals surface area contributed by atoms with E-state index in [0.717, 1.165) is 11.3 Å². The number of hydrogen-bond donors (Lipinski definition) is 0. The van der Waals surface area contributed by atoms with Gasteiger partial charge in [-0.1, -0.05) is 6.07 Å². The molecule has 0 radical (unpaired) electrons. The van der Waals surface area contributed by atoms with E-state index < -0.39 is 0 Å². The van der Waals surface area contributed by atoms with Crippen molar-refractivity contribution in [2.24, 2.45) is 0 Å². The van der Waals surface area contributed by atoms with Crippen molar-refractivity contribution >= 4 is 17.5 Å². The van der Waals surface area contributed by atoms with Gasteiger partial charge in [0, 0.05) is 13.6 Å². The van der Waals surface area contributed by atoms with Crippen molar-refractivity contribution in [3.8, 4) is 11.5 Å². The van der Waals surface area contributed by atoms with Crippen LogP contribution in [0.1, 0.15) is 16.1 Å². The van der Waals surface area contributed by atoms with Gasteiger partial charge in [-0.3, -0.25) is 4.79 Å². The summed E-state index contributed by atoms with van der Waals surface area (Å²) in [6.45, 7) is 0.673. The van der Waals surface area contributed by atoms with E-state index in [4.69, 9.17) is 25.5 Å². The summed E-state index contributed by atoms with van der Waals surface area (Å²) in [4.78, 5) is 13.7. The summed E-state index contributed by atoms with van der Waals surface area (Å²) in [6.07, 6.45) is 0. The van der Waals surface area contributed by atoms with Crippen molar-refractivity contribution in [3.05, 3.63) is 46.9 Å². The van der Waals surface area contributed by atoms with E-state index in [1.165, 1.54) is 0 Å². The van der Waals surface area contributed by atoms with Gasteiger partial charge < -0.3 is 18.8 Å². The van der Waals surface area contributed by atoms with E-state index in [-0.39, 0.29) is 23.7 Å². The molecule has 0 atom stereocenters. The standard InChI is InChI=1S/C14H12ClNO4/c1-16(14(17)11-4-5-13(15)20-11)7-9-2-3-10-12(6-9)19-8-18-10/h2-6H,7-8H2,1H3. The lowest BCUT2D eigenvalue weighted by atomic mass is 10.2. The number of carbonyl (C=O) groups is 1. The molecule has 20 heavy (non-hydrogen) atoms. The molecule has 0 fully saturated rings. The third-order valence-electron chi connectivity index (χ3n) is 2.99. The zero-order valence-corrected chi connectivity index (χ0v) is 11.5. The molecule has 0 N–H and O–H groups in total. The van der Waals surface area contributed by atoms with Crippen LogP contribution in [-0.4, -0.2) is 24.6 Å². The fourth-order valence-electron chi connectivity index (χ4n) is 2.00. The van der Waals surface area contributed by atoms with Gasteiger partial charge in [0.25, 0.3) is 5.91 Å². The molecule has 2 aromatic rings. The maximum absolute atomic E-state index is 12.1. The van der Waals surface area contributed by atoms with Gasteiger partial charge in [-0.2, -0.15) is 0 Å². The Morgan fingerprint density at radius 2 is 2.05 bits per heavy atom. The molecule has 1 aliphatic heterocycles. The molecule has 1 aromatic carbocycles. The van der Waals surface area contributed by atoms with Crippen molar-refractivity contribution in [2.75, 3.05) is 13.8 Å². The van der Waals surface area contributed by atoms with Crippen LogP contribution in [0.2, 0.25) is 5.22 Å². The Kier molecular flexibility index (Phi) is 3.28. The van der Waals surface area contributed by atoms with Crippen LogP contribution in [0.5, 0.6) is 11.5 Å². The lowest BCUT2D eigenvalue weighted by Crippen LogP contribution is -2.25. The Balaban J connectivity index is 1.72. The molecule has 0 unspecified atom stereocenters. The molecule has 3 rings (SSSR count). The number of benzene rings is 1. The highest BCUT2D eigenvalue weighted by atomic mass is 35.5. The third kappa shape index (κ3) is 2.44. The predicted octanol–water partition coefficient (Wildman–Crippen LogP) is 2.93. The monoisotopic (exact) mass is 293 g/mol. The number of carbonyl (C=O) groups excluding carboxylic acids is 1. The molecule has 104 valence electrons. The normalized spacial score (nSPS) is 12.5. The molecule has 0 spiro atoms. The SMILES string of the molecule is CN(Cc1ccc2c(c1)OCO2)C(=O)c1ccc(Cl)o1. The first-order valence-electron chi connectivity index (χ1n) is 6.03. The molecule has 0 aliphatic carbocycles. The van der Waals surface area contributed by atoms with Gasteiger partial charge in [-0.05, 0) is 41.4 Å². The zero-order valence-electron chi connectivity index (χ0n) is 10.8. The molecule has 1 aromatic heterocycles. The highest BCUT2D eigenvalue weighted by molar-refractivity contribution is 6.29. The molecule has 1 aliphatic rings. The molecule has 2 heterocycles. The van der Waals surface area contributed by atoms with Gasteiger partial charge in [0.15, 0.2) is 22.5 Å². The first-order valence-corrected chi connectivity index (χ1v) is 6.40. The van der Waals surface area contributed by atoms with Crippen LogP contribution < -0.4 is 9.47 Å². The fourth-order valence-corrected chi connectivity index (χ4v) is 2.15. The summed E-state index contributed by atoms with van der Waals surface area (Å²) >= 11 is 5.67. The largest absolute Gasteiger partial charge is 0.454 e. The van der Waals surface area contributed by atoms with Crippen molar-refractivity contribution in [1.29, 1.82) is 0 Å². The first kappa shape index (κ1) is 12.9. The van der Waals surface area contributed by atoms with Gasteiger partial charge in [0.1, 0.15) is 0 Å². The van der Waals surface area contributed by atoms with Crippen LogP contribution in [0.4, 0.5) is 0 Å². The van der Waals surface area contributed by atoms with Gasteiger partial charge in [0.2, 0.25) is 6.79 Å². The molecule has 0 saturated heterocycles. The smallest absolute Gasteiger partial charge is 0.289 e. The lowest BCUT2D eigenvalue weighted by molar-refractivity contribution is 0.0753. The van der Waals surface area contributed by atoms with Crippen LogP contribution in [-0.2, 0) is 6.54 Å². The van der Waals surface area contributed by atoms with Crippen molar-refractivity contribution < 1.29 is 18.7 Å². The summed E-state index contributed by atoms with van der Waals surface area (Å²) in [7, 11) is 1.70. The van der Waals surface area contributed by atoms with Crippen LogP contribution >= 0.6 is 11.6 Å². The maximum atomic E-state index is 12.1. The number of amides is 1. The average Bonchev–Trinajstić information content (AvgIpc) is 3.05. The number of ether oxygens (including phenoxy) is 2. The lowest BCUT2D eigenvalue weighted by Gasteiger charge is -2.16. The highest BCUT2D eigenvalue weighted by Crippen LogP contribution is 2.32.